The van der Waals surface area contributed by atoms with E-state index in [4.69, 9.17) is 0 Å². The Kier molecular flexibility index (Phi) is 4.74. The first kappa shape index (κ1) is 14.5. The first-order valence-corrected chi connectivity index (χ1v) is 8.96. The van der Waals surface area contributed by atoms with Crippen LogP contribution in [0.5, 0.6) is 0 Å². The van der Waals surface area contributed by atoms with Gasteiger partial charge >= 0.3 is 0 Å². The summed E-state index contributed by atoms with van der Waals surface area (Å²) in [6, 6.07) is 1.82. The molecule has 0 amide bonds. The lowest BCUT2D eigenvalue weighted by Crippen LogP contribution is -2.52. The summed E-state index contributed by atoms with van der Waals surface area (Å²) in [4.78, 5) is 5.78. The Balaban J connectivity index is 1.46. The maximum atomic E-state index is 4.48. The van der Waals surface area contributed by atoms with Crippen molar-refractivity contribution < 1.29 is 0 Å². The smallest absolute Gasteiger partial charge is 0.109 e. The maximum Gasteiger partial charge on any atom is 0.109 e. The van der Waals surface area contributed by atoms with Gasteiger partial charge in [0.1, 0.15) is 5.01 Å². The molecule has 2 heterocycles. The van der Waals surface area contributed by atoms with Gasteiger partial charge in [0.05, 0.1) is 6.04 Å². The van der Waals surface area contributed by atoms with Crippen molar-refractivity contribution in [1.82, 2.24) is 15.6 Å². The molecule has 2 N–H and O–H groups in total. The number of rotatable bonds is 4. The van der Waals surface area contributed by atoms with Crippen LogP contribution in [0.15, 0.2) is 6.20 Å². The van der Waals surface area contributed by atoms with Crippen molar-refractivity contribution in [2.75, 3.05) is 6.54 Å². The Labute approximate surface area is 126 Å². The molecule has 2 fully saturated rings. The molecule has 0 radical (unpaired) electrons. The van der Waals surface area contributed by atoms with Crippen molar-refractivity contribution in [2.24, 2.45) is 5.92 Å². The van der Waals surface area contributed by atoms with Gasteiger partial charge < -0.3 is 10.6 Å². The lowest BCUT2D eigenvalue weighted by Gasteiger charge is -2.40. The molecule has 1 saturated carbocycles. The van der Waals surface area contributed by atoms with Crippen LogP contribution in [0.25, 0.3) is 0 Å². The van der Waals surface area contributed by atoms with E-state index in [1.54, 1.807) is 11.3 Å². The third-order valence-corrected chi connectivity index (χ3v) is 6.02. The van der Waals surface area contributed by atoms with E-state index in [1.165, 1.54) is 48.4 Å². The van der Waals surface area contributed by atoms with Gasteiger partial charge in [-0.05, 0) is 45.4 Å². The van der Waals surface area contributed by atoms with Gasteiger partial charge in [0.2, 0.25) is 0 Å². The van der Waals surface area contributed by atoms with Crippen LogP contribution in [-0.4, -0.2) is 23.6 Å². The highest BCUT2D eigenvalue weighted by molar-refractivity contribution is 7.11. The number of thiazole rings is 1. The normalized spacial score (nSPS) is 31.8. The minimum Gasteiger partial charge on any atom is -0.310 e. The number of aryl methyl sites for hydroxylation is 1. The Hall–Kier alpha value is -0.450. The molecule has 4 heteroatoms. The first-order valence-electron chi connectivity index (χ1n) is 8.14. The Bertz CT molecular complexity index is 431. The van der Waals surface area contributed by atoms with Gasteiger partial charge in [-0.1, -0.05) is 12.8 Å². The summed E-state index contributed by atoms with van der Waals surface area (Å²) in [5.41, 5.74) is 0. The fraction of sp³-hybridized carbons (Fsp3) is 0.812. The van der Waals surface area contributed by atoms with Crippen molar-refractivity contribution in [3.05, 3.63) is 16.1 Å². The van der Waals surface area contributed by atoms with Gasteiger partial charge in [-0.15, -0.1) is 11.3 Å². The molecule has 4 unspecified atom stereocenters. The van der Waals surface area contributed by atoms with Crippen molar-refractivity contribution in [2.45, 2.75) is 70.5 Å². The van der Waals surface area contributed by atoms with E-state index >= 15 is 0 Å². The topological polar surface area (TPSA) is 37.0 Å². The Morgan fingerprint density at radius 3 is 3.00 bits per heavy atom. The molecule has 1 aromatic heterocycles. The molecule has 4 atom stereocenters. The van der Waals surface area contributed by atoms with E-state index in [2.05, 4.69) is 29.5 Å². The Morgan fingerprint density at radius 1 is 1.35 bits per heavy atom. The lowest BCUT2D eigenvalue weighted by atomic mass is 9.78. The molecule has 112 valence electrons. The summed E-state index contributed by atoms with van der Waals surface area (Å²) in [7, 11) is 0. The fourth-order valence-corrected chi connectivity index (χ4v) is 4.51. The summed E-state index contributed by atoms with van der Waals surface area (Å²) in [5, 5.41) is 8.77. The minimum absolute atomic E-state index is 0.375. The van der Waals surface area contributed by atoms with Crippen molar-refractivity contribution in [3.8, 4) is 0 Å². The predicted octanol–water partition coefficient (Wildman–Crippen LogP) is 3.41. The molecule has 2 aliphatic rings. The number of nitrogens with zero attached hydrogens (tertiary/aromatic N) is 1. The number of nitrogens with one attached hydrogen (secondary N) is 2. The molecular formula is C16H27N3S. The third kappa shape index (κ3) is 3.41. The summed E-state index contributed by atoms with van der Waals surface area (Å²) in [5.74, 6) is 0.957. The van der Waals surface area contributed by atoms with Crippen molar-refractivity contribution >= 4 is 11.3 Å². The van der Waals surface area contributed by atoms with Gasteiger partial charge in [-0.2, -0.15) is 0 Å². The molecule has 1 saturated heterocycles. The van der Waals surface area contributed by atoms with Gasteiger partial charge in [-0.3, -0.25) is 0 Å². The van der Waals surface area contributed by atoms with E-state index in [0.29, 0.717) is 12.1 Å². The molecule has 20 heavy (non-hydrogen) atoms. The van der Waals surface area contributed by atoms with Gasteiger partial charge in [0.15, 0.2) is 0 Å². The molecule has 1 aliphatic heterocycles. The SMILES string of the molecule is Cc1cnc(C(C)NCC2CCC3CCCCC3N2)s1. The zero-order valence-corrected chi connectivity index (χ0v) is 13.5. The van der Waals surface area contributed by atoms with Crippen LogP contribution in [0.4, 0.5) is 0 Å². The summed E-state index contributed by atoms with van der Waals surface area (Å²) in [6.07, 6.45) is 10.4. The molecule has 3 rings (SSSR count). The van der Waals surface area contributed by atoms with Crippen molar-refractivity contribution in [3.63, 3.8) is 0 Å². The highest BCUT2D eigenvalue weighted by Gasteiger charge is 2.31. The molecule has 0 spiro atoms. The van der Waals surface area contributed by atoms with Crippen LogP contribution in [0.3, 0.4) is 0 Å². The van der Waals surface area contributed by atoms with Crippen LogP contribution in [0, 0.1) is 12.8 Å². The zero-order valence-electron chi connectivity index (χ0n) is 12.7. The van der Waals surface area contributed by atoms with E-state index in [-0.39, 0.29) is 0 Å². The second kappa shape index (κ2) is 6.54. The van der Waals surface area contributed by atoms with E-state index in [0.717, 1.165) is 18.5 Å². The number of piperidine rings is 1. The molecule has 1 aromatic rings. The van der Waals surface area contributed by atoms with Gasteiger partial charge in [-0.25, -0.2) is 4.98 Å². The highest BCUT2D eigenvalue weighted by atomic mass is 32.1. The fourth-order valence-electron chi connectivity index (χ4n) is 3.71. The summed E-state index contributed by atoms with van der Waals surface area (Å²) < 4.78 is 0. The number of aromatic nitrogens is 1. The van der Waals surface area contributed by atoms with Crippen LogP contribution >= 0.6 is 11.3 Å². The van der Waals surface area contributed by atoms with Crippen LogP contribution in [-0.2, 0) is 0 Å². The third-order valence-electron chi connectivity index (χ3n) is 4.92. The standard InChI is InChI=1S/C16H27N3S/c1-11-9-18-16(20-11)12(2)17-10-14-8-7-13-5-3-4-6-15(13)19-14/h9,12-15,17,19H,3-8,10H2,1-2H3. The van der Waals surface area contributed by atoms with Crippen molar-refractivity contribution in [1.29, 1.82) is 0 Å². The largest absolute Gasteiger partial charge is 0.310 e. The van der Waals surface area contributed by atoms with Crippen LogP contribution in [0.2, 0.25) is 0 Å². The lowest BCUT2D eigenvalue weighted by molar-refractivity contribution is 0.173. The average Bonchev–Trinajstić information content (AvgIpc) is 2.91. The van der Waals surface area contributed by atoms with Gasteiger partial charge in [0, 0.05) is 29.7 Å². The minimum atomic E-state index is 0.375. The summed E-state index contributed by atoms with van der Waals surface area (Å²) in [6.45, 7) is 5.42. The van der Waals surface area contributed by atoms with Crippen LogP contribution < -0.4 is 10.6 Å². The van der Waals surface area contributed by atoms with E-state index in [1.807, 2.05) is 6.20 Å². The average molecular weight is 293 g/mol. The van der Waals surface area contributed by atoms with E-state index in [9.17, 15) is 0 Å². The molecule has 1 aliphatic carbocycles. The van der Waals surface area contributed by atoms with E-state index < -0.39 is 0 Å². The Morgan fingerprint density at radius 2 is 2.20 bits per heavy atom. The highest BCUT2D eigenvalue weighted by Crippen LogP contribution is 2.32. The monoisotopic (exact) mass is 293 g/mol. The molecular weight excluding hydrogens is 266 g/mol. The number of fused-ring (bicyclic) bond motifs is 1. The number of hydrogen-bond acceptors (Lipinski definition) is 4. The summed E-state index contributed by atoms with van der Waals surface area (Å²) >= 11 is 1.81. The molecule has 0 bridgehead atoms. The molecule has 0 aromatic carbocycles. The quantitative estimate of drug-likeness (QED) is 0.893. The first-order chi connectivity index (χ1) is 9.72. The van der Waals surface area contributed by atoms with Crippen LogP contribution in [0.1, 0.15) is 61.4 Å². The maximum absolute atomic E-state index is 4.48. The predicted molar refractivity (Wildman–Crippen MR) is 85.2 cm³/mol. The zero-order chi connectivity index (χ0) is 13.9. The molecule has 3 nitrogen and oxygen atoms in total. The second-order valence-electron chi connectivity index (χ2n) is 6.53. The second-order valence-corrected chi connectivity index (χ2v) is 7.80. The number of hydrogen-bond donors (Lipinski definition) is 2. The van der Waals surface area contributed by atoms with Gasteiger partial charge in [0.25, 0.3) is 0 Å².